The molecule has 0 bridgehead atoms. The predicted octanol–water partition coefficient (Wildman–Crippen LogP) is 7.35. The van der Waals surface area contributed by atoms with Crippen LogP contribution in [0.2, 0.25) is 0 Å². The molecular formula is C30H30O3P+. The van der Waals surface area contributed by atoms with Crippen molar-refractivity contribution in [2.45, 2.75) is 38.3 Å². The summed E-state index contributed by atoms with van der Waals surface area (Å²) in [7, 11) is -3.34. The molecule has 2 N–H and O–H groups in total. The summed E-state index contributed by atoms with van der Waals surface area (Å²) in [6.07, 6.45) is 0. The highest BCUT2D eigenvalue weighted by Gasteiger charge is 2.49. The Morgan fingerprint density at radius 2 is 1.29 bits per heavy atom. The maximum atomic E-state index is 14.9. The quantitative estimate of drug-likeness (QED) is 0.232. The van der Waals surface area contributed by atoms with E-state index in [9.17, 15) is 4.57 Å². The third-order valence-corrected chi connectivity index (χ3v) is 10.5. The topological polar surface area (TPSA) is 49.2 Å². The first-order valence-electron chi connectivity index (χ1n) is 11.6. The fraction of sp³-hybridized carbons (Fsp3) is 0.200. The fourth-order valence-electron chi connectivity index (χ4n) is 4.84. The summed E-state index contributed by atoms with van der Waals surface area (Å²) in [6, 6.07) is 31.8. The molecule has 4 aromatic carbocycles. The lowest BCUT2D eigenvalue weighted by atomic mass is 9.77. The van der Waals surface area contributed by atoms with Crippen LogP contribution in [-0.2, 0) is 15.1 Å². The van der Waals surface area contributed by atoms with E-state index in [2.05, 4.69) is 32.0 Å². The number of fused-ring (bicyclic) bond motifs is 3. The zero-order chi connectivity index (χ0) is 24.1. The van der Waals surface area contributed by atoms with Crippen molar-refractivity contribution < 1.29 is 14.2 Å². The molecule has 3 nitrogen and oxygen atoms in total. The average Bonchev–Trinajstić information content (AvgIpc) is 2.84. The minimum atomic E-state index is -3.34. The van der Waals surface area contributed by atoms with Gasteiger partial charge in [-0.2, -0.15) is 0 Å². The lowest BCUT2D eigenvalue weighted by Crippen LogP contribution is -2.31. The number of hydrogen-bond donors (Lipinski definition) is 0. The molecule has 0 spiro atoms. The van der Waals surface area contributed by atoms with Gasteiger partial charge < -0.3 is 9.63 Å². The van der Waals surface area contributed by atoms with Crippen LogP contribution in [0.5, 0.6) is 11.5 Å². The van der Waals surface area contributed by atoms with Gasteiger partial charge in [0, 0.05) is 23.1 Å². The number of para-hydroxylation sites is 1. The van der Waals surface area contributed by atoms with E-state index in [4.69, 9.17) is 9.63 Å². The van der Waals surface area contributed by atoms with E-state index in [0.717, 1.165) is 33.1 Å². The van der Waals surface area contributed by atoms with E-state index in [0.29, 0.717) is 11.5 Å². The maximum absolute atomic E-state index is 14.9. The Morgan fingerprint density at radius 1 is 0.676 bits per heavy atom. The maximum Gasteiger partial charge on any atom is 0.287 e. The van der Waals surface area contributed by atoms with Crippen molar-refractivity contribution in [2.75, 3.05) is 0 Å². The Bertz CT molecular complexity index is 1420. The number of benzene rings is 4. The highest BCUT2D eigenvalue weighted by atomic mass is 31.2. The van der Waals surface area contributed by atoms with E-state index in [-0.39, 0.29) is 5.41 Å². The van der Waals surface area contributed by atoms with Crippen molar-refractivity contribution in [3.8, 4) is 22.6 Å². The Kier molecular flexibility index (Phi) is 5.22. The smallest absolute Gasteiger partial charge is 0.287 e. The largest absolute Gasteiger partial charge is 0.593 e. The van der Waals surface area contributed by atoms with Gasteiger partial charge in [-0.25, -0.2) is 0 Å². The van der Waals surface area contributed by atoms with Gasteiger partial charge >= 0.3 is 0 Å². The van der Waals surface area contributed by atoms with E-state index < -0.39 is 12.5 Å². The summed E-state index contributed by atoms with van der Waals surface area (Å²) in [5, 5.41) is 7.83. The first-order chi connectivity index (χ1) is 16.1. The summed E-state index contributed by atoms with van der Waals surface area (Å²) >= 11 is 0. The van der Waals surface area contributed by atoms with Crippen molar-refractivity contribution in [3.63, 3.8) is 0 Å². The summed E-state index contributed by atoms with van der Waals surface area (Å²) in [5.74, 6) is 1.17. The zero-order valence-electron chi connectivity index (χ0n) is 20.0. The molecule has 34 heavy (non-hydrogen) atoms. The summed E-state index contributed by atoms with van der Waals surface area (Å²) in [5.41, 5.74) is 4.94. The average molecular weight is 470 g/mol. The molecule has 1 aliphatic rings. The second kappa shape index (κ2) is 7.89. The molecule has 0 fully saturated rings. The molecule has 0 saturated carbocycles. The molecule has 0 saturated heterocycles. The van der Waals surface area contributed by atoms with Crippen LogP contribution in [0.25, 0.3) is 11.1 Å². The second-order valence-corrected chi connectivity index (χ2v) is 12.9. The zero-order valence-corrected chi connectivity index (χ0v) is 20.9. The molecule has 5 rings (SSSR count). The first kappa shape index (κ1) is 22.5. The first-order valence-corrected chi connectivity index (χ1v) is 13.2. The monoisotopic (exact) mass is 469 g/mol. The van der Waals surface area contributed by atoms with Crippen molar-refractivity contribution in [1.82, 2.24) is 0 Å². The SMILES string of the molecule is CC(C)(c1ccc([OH2+])cc1)c1cccc(C(C)(C)P2(=O)Oc3ccccc3-c3ccccc32)c1. The lowest BCUT2D eigenvalue weighted by molar-refractivity contribution is 0.456. The van der Waals surface area contributed by atoms with Gasteiger partial charge in [-0.05, 0) is 60.4 Å². The van der Waals surface area contributed by atoms with E-state index >= 15 is 0 Å². The lowest BCUT2D eigenvalue weighted by Gasteiger charge is -2.39. The van der Waals surface area contributed by atoms with Gasteiger partial charge in [-0.15, -0.1) is 0 Å². The molecule has 1 atom stereocenters. The Balaban J connectivity index is 1.63. The van der Waals surface area contributed by atoms with Crippen molar-refractivity contribution in [1.29, 1.82) is 0 Å². The Morgan fingerprint density at radius 3 is 2.03 bits per heavy atom. The normalized spacial score (nSPS) is 17.4. The van der Waals surface area contributed by atoms with Crippen molar-refractivity contribution in [3.05, 3.63) is 114 Å². The Hall–Kier alpha value is -3.29. The predicted molar refractivity (Wildman–Crippen MR) is 141 cm³/mol. The Labute approximate surface area is 201 Å². The van der Waals surface area contributed by atoms with E-state index in [1.54, 1.807) is 0 Å². The minimum absolute atomic E-state index is 0.272. The molecule has 4 heteroatoms. The molecule has 1 unspecified atom stereocenters. The van der Waals surface area contributed by atoms with Gasteiger partial charge in [-0.3, -0.25) is 4.57 Å². The second-order valence-electron chi connectivity index (χ2n) is 10.00. The molecule has 1 aliphatic heterocycles. The summed E-state index contributed by atoms with van der Waals surface area (Å²) < 4.78 is 21.3. The van der Waals surface area contributed by atoms with E-state index in [1.165, 1.54) is 0 Å². The van der Waals surface area contributed by atoms with Gasteiger partial charge in [0.15, 0.2) is 0 Å². The van der Waals surface area contributed by atoms with Crippen molar-refractivity contribution in [2.24, 2.45) is 0 Å². The third kappa shape index (κ3) is 3.38. The van der Waals surface area contributed by atoms with Crippen LogP contribution in [0.15, 0.2) is 97.1 Å². The highest BCUT2D eigenvalue weighted by Crippen LogP contribution is 2.66. The molecule has 172 valence electrons. The molecule has 0 aliphatic carbocycles. The molecule has 0 amide bonds. The molecule has 0 aromatic heterocycles. The van der Waals surface area contributed by atoms with Crippen LogP contribution in [-0.4, -0.2) is 5.11 Å². The highest BCUT2D eigenvalue weighted by molar-refractivity contribution is 7.68. The standard InChI is InChI=1S/C30H29O3P/c1-29(2,21-16-18-24(31)19-17-21)22-10-9-11-23(20-22)30(3,4)34(32)28-15-8-6-13-26(28)25-12-5-7-14-27(25)33-34/h5-20,31H,1-4H3/p+1. The summed E-state index contributed by atoms with van der Waals surface area (Å²) in [6.45, 7) is 8.42. The van der Waals surface area contributed by atoms with Crippen LogP contribution in [0.1, 0.15) is 44.4 Å². The van der Waals surface area contributed by atoms with Crippen LogP contribution in [0.3, 0.4) is 0 Å². The third-order valence-electron chi connectivity index (χ3n) is 7.26. The van der Waals surface area contributed by atoms with Crippen molar-refractivity contribution >= 4 is 12.7 Å². The van der Waals surface area contributed by atoms with Gasteiger partial charge in [0.1, 0.15) is 5.75 Å². The van der Waals surface area contributed by atoms with Gasteiger partial charge in [0.05, 0.1) is 10.5 Å². The minimum Gasteiger partial charge on any atom is -0.593 e. The van der Waals surface area contributed by atoms with Crippen LogP contribution in [0.4, 0.5) is 0 Å². The van der Waals surface area contributed by atoms with Gasteiger partial charge in [0.25, 0.3) is 13.1 Å². The van der Waals surface area contributed by atoms with Crippen LogP contribution < -0.4 is 9.83 Å². The van der Waals surface area contributed by atoms with E-state index in [1.807, 2.05) is 92.7 Å². The molecule has 0 radical (unpaired) electrons. The molecular weight excluding hydrogens is 439 g/mol. The number of rotatable bonds is 4. The molecule has 1 heterocycles. The van der Waals surface area contributed by atoms with Crippen LogP contribution in [0, 0.1) is 0 Å². The summed E-state index contributed by atoms with van der Waals surface area (Å²) in [4.78, 5) is 0. The van der Waals surface area contributed by atoms with Gasteiger partial charge in [0.2, 0.25) is 0 Å². The van der Waals surface area contributed by atoms with Gasteiger partial charge in [-0.1, -0.05) is 74.5 Å². The number of hydrogen-bond acceptors (Lipinski definition) is 2. The van der Waals surface area contributed by atoms with Crippen LogP contribution >= 0.6 is 7.37 Å². The fourth-order valence-corrected chi connectivity index (χ4v) is 7.48. The molecule has 4 aromatic rings.